The lowest BCUT2D eigenvalue weighted by Crippen LogP contribution is -2.42. The highest BCUT2D eigenvalue weighted by atomic mass is 32.1. The minimum absolute atomic E-state index is 0.398. The molecular weight excluding hydrogens is 297 g/mol. The summed E-state index contributed by atoms with van der Waals surface area (Å²) >= 11 is 1.14. The second-order valence-corrected chi connectivity index (χ2v) is 5.00. The number of hydrogen-bond donors (Lipinski definition) is 2. The topological polar surface area (TPSA) is 69.6 Å². The van der Waals surface area contributed by atoms with Gasteiger partial charge >= 0.3 is 18.2 Å². The van der Waals surface area contributed by atoms with E-state index in [0.717, 1.165) is 16.2 Å². The molecule has 0 bridgehead atoms. The zero-order valence-electron chi connectivity index (χ0n) is 10.5. The van der Waals surface area contributed by atoms with Crippen molar-refractivity contribution in [1.29, 1.82) is 0 Å². The van der Waals surface area contributed by atoms with Crippen LogP contribution in [0.25, 0.3) is 0 Å². The van der Waals surface area contributed by atoms with Gasteiger partial charge < -0.3 is 15.3 Å². The van der Waals surface area contributed by atoms with Crippen LogP contribution in [0.3, 0.4) is 0 Å². The molecule has 112 valence electrons. The Labute approximate surface area is 117 Å². The number of aliphatic carboxylic acids is 1. The van der Waals surface area contributed by atoms with E-state index in [1.54, 1.807) is 11.4 Å². The van der Waals surface area contributed by atoms with E-state index >= 15 is 0 Å². The van der Waals surface area contributed by atoms with Crippen molar-refractivity contribution in [3.8, 4) is 0 Å². The first-order chi connectivity index (χ1) is 9.20. The number of carbonyl (C=O) groups is 2. The molecule has 20 heavy (non-hydrogen) atoms. The standard InChI is InChI=1S/C11H13F3N2O3S/c1-16(5-4-11(12,13)14)10(19)15-8(9(17)18)7-3-2-6-20-7/h2-3,6,8H,4-5H2,1H3,(H,15,19)(H,17,18). The predicted octanol–water partition coefficient (Wildman–Crippen LogP) is 2.47. The minimum atomic E-state index is -4.37. The second kappa shape index (κ2) is 6.60. The van der Waals surface area contributed by atoms with Crippen molar-refractivity contribution in [3.63, 3.8) is 0 Å². The van der Waals surface area contributed by atoms with Gasteiger partial charge in [0, 0.05) is 18.5 Å². The molecule has 0 spiro atoms. The van der Waals surface area contributed by atoms with Crippen molar-refractivity contribution in [2.75, 3.05) is 13.6 Å². The summed E-state index contributed by atoms with van der Waals surface area (Å²) in [5, 5.41) is 12.9. The third-order valence-corrected chi connectivity index (χ3v) is 3.36. The number of urea groups is 1. The summed E-state index contributed by atoms with van der Waals surface area (Å²) < 4.78 is 36.1. The van der Waals surface area contributed by atoms with Crippen molar-refractivity contribution in [2.45, 2.75) is 18.6 Å². The molecule has 0 aliphatic carbocycles. The fraction of sp³-hybridized carbons (Fsp3) is 0.455. The number of amides is 2. The first-order valence-electron chi connectivity index (χ1n) is 5.55. The number of alkyl halides is 3. The molecule has 1 rings (SSSR count). The number of carboxylic acids is 1. The molecule has 1 unspecified atom stereocenters. The molecule has 0 aromatic carbocycles. The number of thiophene rings is 1. The van der Waals surface area contributed by atoms with Gasteiger partial charge in [-0.2, -0.15) is 13.2 Å². The molecule has 0 fully saturated rings. The molecule has 2 N–H and O–H groups in total. The van der Waals surface area contributed by atoms with E-state index in [1.165, 1.54) is 13.1 Å². The maximum atomic E-state index is 12.0. The normalized spacial score (nSPS) is 12.8. The summed E-state index contributed by atoms with van der Waals surface area (Å²) in [6.45, 7) is -0.536. The number of nitrogens with zero attached hydrogens (tertiary/aromatic N) is 1. The van der Waals surface area contributed by atoms with Crippen LogP contribution in [0.2, 0.25) is 0 Å². The van der Waals surface area contributed by atoms with Gasteiger partial charge in [0.1, 0.15) is 0 Å². The van der Waals surface area contributed by atoms with Crippen LogP contribution < -0.4 is 5.32 Å². The molecule has 0 saturated heterocycles. The Bertz CT molecular complexity index is 462. The van der Waals surface area contributed by atoms with Gasteiger partial charge in [0.15, 0.2) is 6.04 Å². The summed E-state index contributed by atoms with van der Waals surface area (Å²) in [6, 6.07) is 1.01. The third-order valence-electron chi connectivity index (χ3n) is 2.42. The van der Waals surface area contributed by atoms with E-state index in [2.05, 4.69) is 5.32 Å². The number of halogens is 3. The van der Waals surface area contributed by atoms with Crippen molar-refractivity contribution < 1.29 is 27.9 Å². The van der Waals surface area contributed by atoms with Crippen LogP contribution in [0.1, 0.15) is 17.3 Å². The van der Waals surface area contributed by atoms with Gasteiger partial charge in [0.05, 0.1) is 6.42 Å². The Kier molecular flexibility index (Phi) is 5.37. The lowest BCUT2D eigenvalue weighted by atomic mass is 10.2. The van der Waals surface area contributed by atoms with E-state index in [9.17, 15) is 22.8 Å². The van der Waals surface area contributed by atoms with Crippen LogP contribution in [0.5, 0.6) is 0 Å². The van der Waals surface area contributed by atoms with Crippen molar-refractivity contribution in [2.24, 2.45) is 0 Å². The van der Waals surface area contributed by atoms with Gasteiger partial charge in [0.25, 0.3) is 0 Å². The highest BCUT2D eigenvalue weighted by Crippen LogP contribution is 2.21. The Balaban J connectivity index is 2.61. The quantitative estimate of drug-likeness (QED) is 0.878. The van der Waals surface area contributed by atoms with Gasteiger partial charge in [-0.3, -0.25) is 0 Å². The predicted molar refractivity (Wildman–Crippen MR) is 66.5 cm³/mol. The van der Waals surface area contributed by atoms with E-state index in [-0.39, 0.29) is 0 Å². The summed E-state index contributed by atoms with van der Waals surface area (Å²) in [7, 11) is 1.18. The molecule has 9 heteroatoms. The molecule has 1 aromatic rings. The fourth-order valence-corrected chi connectivity index (χ4v) is 2.11. The van der Waals surface area contributed by atoms with Crippen LogP contribution in [0.15, 0.2) is 17.5 Å². The average molecular weight is 310 g/mol. The lowest BCUT2D eigenvalue weighted by molar-refractivity contribution is -0.140. The van der Waals surface area contributed by atoms with Crippen LogP contribution in [0, 0.1) is 0 Å². The summed E-state index contributed by atoms with van der Waals surface area (Å²) in [5.74, 6) is -1.27. The van der Waals surface area contributed by atoms with Gasteiger partial charge in [-0.15, -0.1) is 11.3 Å². The zero-order valence-corrected chi connectivity index (χ0v) is 11.3. The second-order valence-electron chi connectivity index (χ2n) is 4.02. The highest BCUT2D eigenvalue weighted by molar-refractivity contribution is 7.10. The smallest absolute Gasteiger partial charge is 0.390 e. The van der Waals surface area contributed by atoms with Crippen molar-refractivity contribution >= 4 is 23.3 Å². The molecule has 5 nitrogen and oxygen atoms in total. The molecule has 0 saturated carbocycles. The third kappa shape index (κ3) is 5.08. The first kappa shape index (κ1) is 16.3. The van der Waals surface area contributed by atoms with Crippen molar-refractivity contribution in [3.05, 3.63) is 22.4 Å². The molecule has 0 aliphatic heterocycles. The molecule has 0 radical (unpaired) electrons. The number of nitrogens with one attached hydrogen (secondary N) is 1. The van der Waals surface area contributed by atoms with Crippen molar-refractivity contribution in [1.82, 2.24) is 10.2 Å². The Morgan fingerprint density at radius 2 is 2.15 bits per heavy atom. The highest BCUT2D eigenvalue weighted by Gasteiger charge is 2.29. The minimum Gasteiger partial charge on any atom is -0.479 e. The van der Waals surface area contributed by atoms with Gasteiger partial charge in [-0.1, -0.05) is 6.07 Å². The monoisotopic (exact) mass is 310 g/mol. The van der Waals surface area contributed by atoms with Crippen LogP contribution >= 0.6 is 11.3 Å². The summed E-state index contributed by atoms with van der Waals surface area (Å²) in [5.41, 5.74) is 0. The van der Waals surface area contributed by atoms with E-state index < -0.39 is 37.2 Å². The first-order valence-corrected chi connectivity index (χ1v) is 6.43. The van der Waals surface area contributed by atoms with Gasteiger partial charge in [0.2, 0.25) is 0 Å². The van der Waals surface area contributed by atoms with E-state index in [4.69, 9.17) is 5.11 Å². The SMILES string of the molecule is CN(CCC(F)(F)F)C(=O)NC(C(=O)O)c1cccs1. The van der Waals surface area contributed by atoms with Crippen LogP contribution in [-0.4, -0.2) is 41.8 Å². The Morgan fingerprint density at radius 3 is 2.60 bits per heavy atom. The van der Waals surface area contributed by atoms with Crippen LogP contribution in [0.4, 0.5) is 18.0 Å². The van der Waals surface area contributed by atoms with Gasteiger partial charge in [-0.25, -0.2) is 9.59 Å². The summed E-state index contributed by atoms with van der Waals surface area (Å²) in [4.78, 5) is 23.9. The average Bonchev–Trinajstić information content (AvgIpc) is 2.84. The number of rotatable bonds is 5. The fourth-order valence-electron chi connectivity index (χ4n) is 1.34. The van der Waals surface area contributed by atoms with Crippen LogP contribution in [-0.2, 0) is 4.79 Å². The maximum Gasteiger partial charge on any atom is 0.390 e. The largest absolute Gasteiger partial charge is 0.479 e. The number of hydrogen-bond acceptors (Lipinski definition) is 3. The molecule has 0 aliphatic rings. The van der Waals surface area contributed by atoms with Gasteiger partial charge in [-0.05, 0) is 11.4 Å². The van der Waals surface area contributed by atoms with E-state index in [0.29, 0.717) is 4.88 Å². The lowest BCUT2D eigenvalue weighted by Gasteiger charge is -2.21. The Morgan fingerprint density at radius 1 is 1.50 bits per heavy atom. The molecule has 1 aromatic heterocycles. The molecular formula is C11H13F3N2O3S. The van der Waals surface area contributed by atoms with E-state index in [1.807, 2.05) is 0 Å². The number of carbonyl (C=O) groups excluding carboxylic acids is 1. The molecule has 1 atom stereocenters. The number of carboxylic acid groups (broad SMARTS) is 1. The summed E-state index contributed by atoms with van der Waals surface area (Å²) in [6.07, 6.45) is -5.51. The maximum absolute atomic E-state index is 12.0. The molecule has 2 amide bonds. The Hall–Kier alpha value is -1.77. The zero-order chi connectivity index (χ0) is 15.3. The molecule has 1 heterocycles.